The molecule has 4 rings (SSSR count). The number of nitrogens with one attached hydrogen (secondary N) is 2. The lowest BCUT2D eigenvalue weighted by atomic mass is 10.0. The molecule has 3 aliphatic rings. The Morgan fingerprint density at radius 3 is 2.78 bits per heavy atom. The van der Waals surface area contributed by atoms with Crippen molar-refractivity contribution >= 4 is 41.5 Å². The summed E-state index contributed by atoms with van der Waals surface area (Å²) in [6.07, 6.45) is 4.31. The van der Waals surface area contributed by atoms with E-state index >= 15 is 0 Å². The molecular weight excluding hydrogens is 521 g/mol. The lowest BCUT2D eigenvalue weighted by Crippen LogP contribution is -2.49. The molecule has 1 unspecified atom stereocenters. The fourth-order valence-electron chi connectivity index (χ4n) is 4.58. The summed E-state index contributed by atoms with van der Waals surface area (Å²) in [4.78, 5) is 21.1. The van der Waals surface area contributed by atoms with Gasteiger partial charge in [-0.1, -0.05) is 12.1 Å². The second kappa shape index (κ2) is 12.6. The van der Waals surface area contributed by atoms with Gasteiger partial charge in [0.15, 0.2) is 12.6 Å². The number of para-hydroxylation sites is 2. The topological polar surface area (TPSA) is 78.4 Å². The van der Waals surface area contributed by atoms with Crippen molar-refractivity contribution in [1.82, 2.24) is 15.5 Å². The molecule has 1 aromatic rings. The zero-order chi connectivity index (χ0) is 21.5. The summed E-state index contributed by atoms with van der Waals surface area (Å²) in [5.74, 6) is 2.34. The molecule has 32 heavy (non-hydrogen) atoms. The molecule has 1 aromatic carbocycles. The molecule has 2 fully saturated rings. The first kappa shape index (κ1) is 25.0. The molecule has 0 bridgehead atoms. The minimum atomic E-state index is 0. The first-order valence-electron chi connectivity index (χ1n) is 11.5. The first-order valence-corrected chi connectivity index (χ1v) is 11.5. The average molecular weight is 557 g/mol. The molecule has 8 nitrogen and oxygen atoms in total. The molecular formula is C23H36IN5O3. The summed E-state index contributed by atoms with van der Waals surface area (Å²) in [6, 6.07) is 8.16. The molecule has 0 spiro atoms. The number of carbonyl (C=O) groups excluding carboxylic acids is 1. The number of ether oxygens (including phenoxy) is 2. The van der Waals surface area contributed by atoms with Gasteiger partial charge in [-0.3, -0.25) is 9.79 Å². The van der Waals surface area contributed by atoms with Crippen molar-refractivity contribution < 1.29 is 14.3 Å². The number of carbonyl (C=O) groups is 1. The number of benzene rings is 1. The van der Waals surface area contributed by atoms with E-state index in [1.54, 1.807) is 0 Å². The van der Waals surface area contributed by atoms with Crippen LogP contribution in [-0.4, -0.2) is 82.4 Å². The van der Waals surface area contributed by atoms with Crippen LogP contribution >= 0.6 is 24.0 Å². The van der Waals surface area contributed by atoms with Crippen LogP contribution in [0.4, 0.5) is 5.69 Å². The molecule has 2 N–H and O–H groups in total. The third kappa shape index (κ3) is 6.71. The Morgan fingerprint density at radius 1 is 1.22 bits per heavy atom. The highest BCUT2D eigenvalue weighted by Crippen LogP contribution is 2.31. The summed E-state index contributed by atoms with van der Waals surface area (Å²) in [5, 5.41) is 6.97. The Morgan fingerprint density at radius 2 is 2.03 bits per heavy atom. The van der Waals surface area contributed by atoms with Crippen LogP contribution in [0.2, 0.25) is 0 Å². The van der Waals surface area contributed by atoms with E-state index in [1.807, 2.05) is 36.2 Å². The lowest BCUT2D eigenvalue weighted by molar-refractivity contribution is -0.121. The van der Waals surface area contributed by atoms with Crippen molar-refractivity contribution in [3.05, 3.63) is 24.3 Å². The van der Waals surface area contributed by atoms with E-state index in [9.17, 15) is 4.79 Å². The van der Waals surface area contributed by atoms with Gasteiger partial charge in [0, 0.05) is 52.4 Å². The molecule has 9 heteroatoms. The van der Waals surface area contributed by atoms with Gasteiger partial charge in [-0.15, -0.1) is 24.0 Å². The second-order valence-electron chi connectivity index (χ2n) is 8.60. The normalized spacial score (nSPS) is 22.2. The first-order chi connectivity index (χ1) is 15.2. The minimum absolute atomic E-state index is 0. The van der Waals surface area contributed by atoms with E-state index in [2.05, 4.69) is 20.5 Å². The van der Waals surface area contributed by atoms with Gasteiger partial charge in [-0.2, -0.15) is 0 Å². The summed E-state index contributed by atoms with van der Waals surface area (Å²) in [5.41, 5.74) is 0.859. The molecule has 3 aliphatic heterocycles. The number of piperidine rings is 1. The van der Waals surface area contributed by atoms with Gasteiger partial charge in [0.1, 0.15) is 5.75 Å². The Labute approximate surface area is 208 Å². The van der Waals surface area contributed by atoms with Crippen molar-refractivity contribution in [3.8, 4) is 5.75 Å². The van der Waals surface area contributed by atoms with Crippen LogP contribution in [0.25, 0.3) is 0 Å². The minimum Gasteiger partial charge on any atom is -0.482 e. The van der Waals surface area contributed by atoms with Gasteiger partial charge in [0.25, 0.3) is 5.91 Å². The van der Waals surface area contributed by atoms with Crippen LogP contribution in [0.5, 0.6) is 5.75 Å². The summed E-state index contributed by atoms with van der Waals surface area (Å²) in [7, 11) is 1.81. The summed E-state index contributed by atoms with van der Waals surface area (Å²) >= 11 is 0. The number of rotatable bonds is 7. The third-order valence-electron chi connectivity index (χ3n) is 6.35. The fraction of sp³-hybridized carbons (Fsp3) is 0.652. The smallest absolute Gasteiger partial charge is 0.265 e. The molecule has 1 amide bonds. The Balaban J connectivity index is 0.00000289. The monoisotopic (exact) mass is 557 g/mol. The van der Waals surface area contributed by atoms with Crippen LogP contribution in [-0.2, 0) is 9.53 Å². The number of hydrogen-bond acceptors (Lipinski definition) is 5. The quantitative estimate of drug-likeness (QED) is 0.232. The number of amides is 1. The Hall–Kier alpha value is -1.59. The Bertz CT molecular complexity index is 764. The van der Waals surface area contributed by atoms with Crippen molar-refractivity contribution in [2.45, 2.75) is 31.7 Å². The highest BCUT2D eigenvalue weighted by molar-refractivity contribution is 14.0. The number of guanidine groups is 1. The SMILES string of the molecule is CN=C(NCCCN1C(=O)COc2ccccc21)NC1CCN(CC2CCOC2)CC1.I. The predicted molar refractivity (Wildman–Crippen MR) is 137 cm³/mol. The van der Waals surface area contributed by atoms with Gasteiger partial charge < -0.3 is 29.9 Å². The van der Waals surface area contributed by atoms with Crippen molar-refractivity contribution in [2.24, 2.45) is 10.9 Å². The van der Waals surface area contributed by atoms with Gasteiger partial charge >= 0.3 is 0 Å². The van der Waals surface area contributed by atoms with Crippen LogP contribution in [0.1, 0.15) is 25.7 Å². The molecule has 0 aliphatic carbocycles. The van der Waals surface area contributed by atoms with Gasteiger partial charge in [0.05, 0.1) is 12.3 Å². The number of halogens is 1. The summed E-state index contributed by atoms with van der Waals surface area (Å²) in [6.45, 7) is 6.81. The van der Waals surface area contributed by atoms with Crippen molar-refractivity contribution in [1.29, 1.82) is 0 Å². The maximum atomic E-state index is 12.3. The number of fused-ring (bicyclic) bond motifs is 1. The molecule has 0 saturated carbocycles. The number of anilines is 1. The van der Waals surface area contributed by atoms with E-state index in [1.165, 1.54) is 13.0 Å². The maximum Gasteiger partial charge on any atom is 0.265 e. The van der Waals surface area contributed by atoms with E-state index in [0.717, 1.165) is 69.5 Å². The van der Waals surface area contributed by atoms with E-state index < -0.39 is 0 Å². The largest absolute Gasteiger partial charge is 0.482 e. The van der Waals surface area contributed by atoms with Crippen LogP contribution in [0.15, 0.2) is 29.3 Å². The average Bonchev–Trinajstić information content (AvgIpc) is 3.31. The Kier molecular flexibility index (Phi) is 9.86. The van der Waals surface area contributed by atoms with Crippen molar-refractivity contribution in [3.63, 3.8) is 0 Å². The van der Waals surface area contributed by atoms with Crippen LogP contribution in [0, 0.1) is 5.92 Å². The summed E-state index contributed by atoms with van der Waals surface area (Å²) < 4.78 is 11.0. The number of nitrogens with zero attached hydrogens (tertiary/aromatic N) is 3. The zero-order valence-electron chi connectivity index (χ0n) is 18.9. The number of aliphatic imine (C=N–C) groups is 1. The van der Waals surface area contributed by atoms with Crippen LogP contribution in [0.3, 0.4) is 0 Å². The molecule has 0 aromatic heterocycles. The molecule has 178 valence electrons. The molecule has 0 radical (unpaired) electrons. The fourth-order valence-corrected chi connectivity index (χ4v) is 4.58. The number of likely N-dealkylation sites (tertiary alicyclic amines) is 1. The van der Waals surface area contributed by atoms with Gasteiger partial charge in [-0.05, 0) is 43.7 Å². The van der Waals surface area contributed by atoms with Gasteiger partial charge in [0.2, 0.25) is 0 Å². The van der Waals surface area contributed by atoms with Gasteiger partial charge in [-0.25, -0.2) is 0 Å². The van der Waals surface area contributed by atoms with Crippen molar-refractivity contribution in [2.75, 3.05) is 64.5 Å². The maximum absolute atomic E-state index is 12.3. The molecule has 2 saturated heterocycles. The highest BCUT2D eigenvalue weighted by Gasteiger charge is 2.25. The molecule has 1 atom stereocenters. The number of hydrogen-bond donors (Lipinski definition) is 2. The van der Waals surface area contributed by atoms with Crippen LogP contribution < -0.4 is 20.3 Å². The lowest BCUT2D eigenvalue weighted by Gasteiger charge is -2.34. The zero-order valence-corrected chi connectivity index (χ0v) is 21.3. The van der Waals surface area contributed by atoms with E-state index in [-0.39, 0.29) is 36.5 Å². The standard InChI is InChI=1S/C23H35N5O3.HI/c1-24-23(26-19-7-12-27(13-8-19)15-18-9-14-30-16-18)25-10-4-11-28-20-5-2-3-6-21(20)31-17-22(28)29;/h2-3,5-6,18-19H,4,7-17H2,1H3,(H2,24,25,26);1H. The highest BCUT2D eigenvalue weighted by atomic mass is 127. The second-order valence-corrected chi connectivity index (χ2v) is 8.60. The molecule has 3 heterocycles. The van der Waals surface area contributed by atoms with E-state index in [0.29, 0.717) is 18.5 Å². The van der Waals surface area contributed by atoms with E-state index in [4.69, 9.17) is 9.47 Å². The predicted octanol–water partition coefficient (Wildman–Crippen LogP) is 2.09. The third-order valence-corrected chi connectivity index (χ3v) is 6.35.